The molecule has 0 aliphatic rings. The van der Waals surface area contributed by atoms with Crippen molar-refractivity contribution in [3.8, 4) is 0 Å². The third-order valence-corrected chi connectivity index (χ3v) is 1.08. The van der Waals surface area contributed by atoms with Crippen molar-refractivity contribution in [1.29, 1.82) is 0 Å². The van der Waals surface area contributed by atoms with Gasteiger partial charge >= 0.3 is 0 Å². The minimum absolute atomic E-state index is 0.580. The average molecular weight is 128 g/mol. The lowest BCUT2D eigenvalue weighted by Gasteiger charge is -1.90. The average Bonchev–Trinajstić information content (AvgIpc) is 1.89. The molecule has 0 bridgehead atoms. The Morgan fingerprint density at radius 1 is 1.56 bits per heavy atom. The predicted molar refractivity (Wildman–Crippen MR) is 37.1 cm³/mol. The van der Waals surface area contributed by atoms with E-state index < -0.39 is 6.52 Å². The molecule has 0 amide bonds. The van der Waals surface area contributed by atoms with Crippen molar-refractivity contribution >= 4 is 6.08 Å². The molecule has 0 saturated carbocycles. The lowest BCUT2D eigenvalue weighted by molar-refractivity contribution is 0.561. The van der Waals surface area contributed by atoms with E-state index in [0.717, 1.165) is 19.3 Å². The highest BCUT2D eigenvalue weighted by molar-refractivity contribution is 5.32. The van der Waals surface area contributed by atoms with E-state index in [2.05, 4.69) is 11.9 Å². The number of hydrogen-bond donors (Lipinski definition) is 0. The SMILES string of the molecule is [2H][C@H](CCCCC)N=C=O. The third-order valence-electron chi connectivity index (χ3n) is 1.08. The summed E-state index contributed by atoms with van der Waals surface area (Å²) in [6.45, 7) is 1.52. The number of isocyanates is 1. The van der Waals surface area contributed by atoms with Gasteiger partial charge in [0.2, 0.25) is 6.08 Å². The molecule has 0 aromatic rings. The van der Waals surface area contributed by atoms with Gasteiger partial charge in [0.1, 0.15) is 0 Å². The van der Waals surface area contributed by atoms with Crippen LogP contribution in [0.4, 0.5) is 0 Å². The topological polar surface area (TPSA) is 29.4 Å². The van der Waals surface area contributed by atoms with Gasteiger partial charge in [-0.2, -0.15) is 0 Å². The second-order valence-electron chi connectivity index (χ2n) is 1.90. The summed E-state index contributed by atoms with van der Waals surface area (Å²) >= 11 is 0. The number of hydrogen-bond acceptors (Lipinski definition) is 2. The maximum absolute atomic E-state index is 9.64. The van der Waals surface area contributed by atoms with E-state index in [1.165, 1.54) is 6.08 Å². The van der Waals surface area contributed by atoms with Gasteiger partial charge in [-0.1, -0.05) is 26.2 Å². The Labute approximate surface area is 57.4 Å². The van der Waals surface area contributed by atoms with Gasteiger partial charge in [-0.15, -0.1) is 0 Å². The highest BCUT2D eigenvalue weighted by Gasteiger charge is 1.83. The molecule has 0 aromatic carbocycles. The lowest BCUT2D eigenvalue weighted by atomic mass is 10.2. The molecule has 0 N–H and O–H groups in total. The van der Waals surface area contributed by atoms with E-state index in [4.69, 9.17) is 1.37 Å². The quantitative estimate of drug-likeness (QED) is 0.316. The fourth-order valence-electron chi connectivity index (χ4n) is 0.587. The number of aliphatic imine (C=N–C) groups is 1. The van der Waals surface area contributed by atoms with Crippen molar-refractivity contribution in [1.82, 2.24) is 0 Å². The molecular formula is C7H13NO. The lowest BCUT2D eigenvalue weighted by Crippen LogP contribution is -1.79. The maximum Gasteiger partial charge on any atom is 0.234 e. The van der Waals surface area contributed by atoms with Gasteiger partial charge < -0.3 is 0 Å². The van der Waals surface area contributed by atoms with E-state index >= 15 is 0 Å². The summed E-state index contributed by atoms with van der Waals surface area (Å²) < 4.78 is 7.12. The van der Waals surface area contributed by atoms with E-state index in [1.54, 1.807) is 0 Å². The second-order valence-corrected chi connectivity index (χ2v) is 1.90. The monoisotopic (exact) mass is 128 g/mol. The first-order valence-corrected chi connectivity index (χ1v) is 3.30. The summed E-state index contributed by atoms with van der Waals surface area (Å²) in [5.41, 5.74) is 0. The summed E-state index contributed by atoms with van der Waals surface area (Å²) in [7, 11) is 0. The Hall–Kier alpha value is -0.620. The summed E-state index contributed by atoms with van der Waals surface area (Å²) in [5.74, 6) is 0. The van der Waals surface area contributed by atoms with Gasteiger partial charge in [-0.25, -0.2) is 9.79 Å². The van der Waals surface area contributed by atoms with Crippen LogP contribution in [0.5, 0.6) is 0 Å². The molecule has 0 radical (unpaired) electrons. The highest BCUT2D eigenvalue weighted by atomic mass is 16.1. The Bertz CT molecular complexity index is 121. The Morgan fingerprint density at radius 2 is 2.33 bits per heavy atom. The van der Waals surface area contributed by atoms with Crippen molar-refractivity contribution < 1.29 is 6.17 Å². The Morgan fingerprint density at radius 3 is 2.89 bits per heavy atom. The van der Waals surface area contributed by atoms with Crippen molar-refractivity contribution in [2.75, 3.05) is 6.52 Å². The molecule has 0 spiro atoms. The molecule has 1 atom stereocenters. The van der Waals surface area contributed by atoms with Crippen LogP contribution in [-0.4, -0.2) is 12.6 Å². The predicted octanol–water partition coefficient (Wildman–Crippen LogP) is 1.90. The van der Waals surface area contributed by atoms with Crippen LogP contribution in [0.1, 0.15) is 34.0 Å². The summed E-state index contributed by atoms with van der Waals surface area (Å²) in [4.78, 5) is 12.9. The molecule has 52 valence electrons. The van der Waals surface area contributed by atoms with Gasteiger partial charge in [0.05, 0.1) is 7.89 Å². The van der Waals surface area contributed by atoms with Crippen LogP contribution >= 0.6 is 0 Å². The Balaban J connectivity index is 3.21. The molecule has 0 rings (SSSR count). The van der Waals surface area contributed by atoms with Crippen LogP contribution in [0, 0.1) is 0 Å². The van der Waals surface area contributed by atoms with Crippen LogP contribution in [0.2, 0.25) is 0 Å². The normalized spacial score (nSPS) is 13.7. The smallest absolute Gasteiger partial charge is 0.211 e. The third kappa shape index (κ3) is 7.38. The second kappa shape index (κ2) is 7.38. The number of carbonyl (C=O) groups excluding carboxylic acids is 1. The fourth-order valence-corrected chi connectivity index (χ4v) is 0.587. The van der Waals surface area contributed by atoms with E-state index in [-0.39, 0.29) is 0 Å². The first-order chi connectivity index (χ1) is 4.81. The van der Waals surface area contributed by atoms with Crippen LogP contribution < -0.4 is 0 Å². The molecule has 0 aliphatic heterocycles. The summed E-state index contributed by atoms with van der Waals surface area (Å²) in [6, 6.07) is 0. The van der Waals surface area contributed by atoms with Crippen LogP contribution in [0.25, 0.3) is 0 Å². The van der Waals surface area contributed by atoms with Gasteiger partial charge in [0.25, 0.3) is 0 Å². The van der Waals surface area contributed by atoms with Crippen LogP contribution in [0.15, 0.2) is 4.99 Å². The molecule has 2 nitrogen and oxygen atoms in total. The standard InChI is InChI=1S/C7H13NO/c1-2-3-4-5-6-8-7-9/h2-6H2,1H3/i6D/t6-/m1/s1. The zero-order valence-corrected chi connectivity index (χ0v) is 5.76. The van der Waals surface area contributed by atoms with Crippen LogP contribution in [0.3, 0.4) is 0 Å². The molecule has 0 saturated heterocycles. The Kier molecular flexibility index (Phi) is 5.33. The zero-order valence-electron chi connectivity index (χ0n) is 6.76. The molecule has 0 heterocycles. The van der Waals surface area contributed by atoms with E-state index in [9.17, 15) is 4.79 Å². The molecule has 0 aromatic heterocycles. The van der Waals surface area contributed by atoms with Crippen LogP contribution in [-0.2, 0) is 4.79 Å². The number of rotatable bonds is 5. The van der Waals surface area contributed by atoms with Gasteiger partial charge in [0.15, 0.2) is 0 Å². The number of nitrogens with zero attached hydrogens (tertiary/aromatic N) is 1. The zero-order chi connectivity index (χ0) is 7.82. The molecular weight excluding hydrogens is 114 g/mol. The molecule has 0 aliphatic carbocycles. The molecule has 0 fully saturated rings. The first-order valence-electron chi connectivity index (χ1n) is 3.88. The number of unbranched alkanes of at least 4 members (excludes halogenated alkanes) is 2. The summed E-state index contributed by atoms with van der Waals surface area (Å²) in [5, 5.41) is 0. The molecule has 0 unspecified atom stereocenters. The van der Waals surface area contributed by atoms with Gasteiger partial charge in [-0.05, 0) is 6.42 Å². The van der Waals surface area contributed by atoms with Crippen molar-refractivity contribution in [3.63, 3.8) is 0 Å². The van der Waals surface area contributed by atoms with E-state index in [0.29, 0.717) is 6.42 Å². The minimum atomic E-state index is -0.580. The molecule has 2 heteroatoms. The fraction of sp³-hybridized carbons (Fsp3) is 0.857. The van der Waals surface area contributed by atoms with Crippen molar-refractivity contribution in [3.05, 3.63) is 0 Å². The minimum Gasteiger partial charge on any atom is -0.211 e. The van der Waals surface area contributed by atoms with Gasteiger partial charge in [0, 0.05) is 0 Å². The highest BCUT2D eigenvalue weighted by Crippen LogP contribution is 1.97. The van der Waals surface area contributed by atoms with Crippen molar-refractivity contribution in [2.45, 2.75) is 32.6 Å². The van der Waals surface area contributed by atoms with Gasteiger partial charge in [-0.3, -0.25) is 0 Å². The van der Waals surface area contributed by atoms with E-state index in [1.807, 2.05) is 0 Å². The van der Waals surface area contributed by atoms with Crippen molar-refractivity contribution in [2.24, 2.45) is 4.99 Å². The molecule has 9 heavy (non-hydrogen) atoms. The summed E-state index contributed by atoms with van der Waals surface area (Å²) in [6.07, 6.45) is 5.30. The first kappa shape index (κ1) is 6.50. The largest absolute Gasteiger partial charge is 0.234 e. The maximum atomic E-state index is 9.64.